The van der Waals surface area contributed by atoms with E-state index >= 15 is 0 Å². The molecule has 0 saturated heterocycles. The Bertz CT molecular complexity index is 2240. The van der Waals surface area contributed by atoms with Gasteiger partial charge >= 0.3 is 0 Å². The van der Waals surface area contributed by atoms with Gasteiger partial charge in [0, 0.05) is 32.8 Å². The zero-order valence-electron chi connectivity index (χ0n) is 25.1. The number of hydrogen-bond acceptors (Lipinski definition) is 0. The Morgan fingerprint density at radius 1 is 0.533 bits per heavy atom. The smallest absolute Gasteiger partial charge is 0.0544 e. The Morgan fingerprint density at radius 2 is 1.13 bits per heavy atom. The highest BCUT2D eigenvalue weighted by Gasteiger charge is 2.31. The van der Waals surface area contributed by atoms with Crippen molar-refractivity contribution >= 4 is 49.0 Å². The molecule has 0 aliphatic heterocycles. The zero-order valence-corrected chi connectivity index (χ0v) is 26.7. The molecule has 0 amide bonds. The van der Waals surface area contributed by atoms with Gasteiger partial charge in [-0.15, -0.1) is 0 Å². The molecule has 1 unspecified atom stereocenters. The number of rotatable bonds is 5. The molecule has 1 aromatic heterocycles. The van der Waals surface area contributed by atoms with Crippen LogP contribution in [0.3, 0.4) is 0 Å². The van der Waals surface area contributed by atoms with Gasteiger partial charge in [-0.3, -0.25) is 0 Å². The fourth-order valence-corrected chi connectivity index (χ4v) is 7.23. The minimum absolute atomic E-state index is 0.162. The molecule has 8 rings (SSSR count). The van der Waals surface area contributed by atoms with Gasteiger partial charge in [0.05, 0.1) is 11.0 Å². The van der Waals surface area contributed by atoms with Gasteiger partial charge in [-0.1, -0.05) is 150 Å². The quantitative estimate of drug-likeness (QED) is 0.176. The van der Waals surface area contributed by atoms with Crippen molar-refractivity contribution in [2.75, 3.05) is 0 Å². The minimum atomic E-state index is -0.162. The molecular weight excluding hydrogens is 610 g/mol. The molecule has 7 aromatic rings. The number of nitrogens with zero attached hydrogens (tertiary/aromatic N) is 1. The van der Waals surface area contributed by atoms with Crippen molar-refractivity contribution in [1.82, 2.24) is 4.57 Å². The first kappa shape index (κ1) is 27.6. The van der Waals surface area contributed by atoms with E-state index in [-0.39, 0.29) is 5.41 Å². The summed E-state index contributed by atoms with van der Waals surface area (Å²) < 4.78 is 3.61. The fourth-order valence-electron chi connectivity index (χ4n) is 6.97. The summed E-state index contributed by atoms with van der Waals surface area (Å²) in [7, 11) is 0. The minimum Gasteiger partial charge on any atom is -0.313 e. The topological polar surface area (TPSA) is 4.93 Å². The summed E-state index contributed by atoms with van der Waals surface area (Å²) in [5.74, 6) is 0. The van der Waals surface area contributed by atoms with Gasteiger partial charge in [0.2, 0.25) is 0 Å². The molecule has 216 valence electrons. The van der Waals surface area contributed by atoms with Crippen LogP contribution in [0.1, 0.15) is 24.5 Å². The Hall–Kier alpha value is -4.92. The van der Waals surface area contributed by atoms with Crippen LogP contribution in [0, 0.1) is 0 Å². The molecule has 0 spiro atoms. The van der Waals surface area contributed by atoms with Crippen molar-refractivity contribution in [2.24, 2.45) is 0 Å². The van der Waals surface area contributed by atoms with Crippen molar-refractivity contribution in [2.45, 2.75) is 18.8 Å². The average molecular weight is 643 g/mol. The first-order valence-electron chi connectivity index (χ1n) is 15.5. The van der Waals surface area contributed by atoms with E-state index in [0.29, 0.717) is 0 Å². The van der Waals surface area contributed by atoms with Gasteiger partial charge in [0.15, 0.2) is 0 Å². The molecule has 1 aliphatic rings. The van der Waals surface area contributed by atoms with Gasteiger partial charge in [-0.25, -0.2) is 0 Å². The lowest BCUT2D eigenvalue weighted by Gasteiger charge is -2.33. The van der Waals surface area contributed by atoms with Crippen LogP contribution in [0.15, 0.2) is 168 Å². The van der Waals surface area contributed by atoms with Crippen LogP contribution < -0.4 is 0 Å². The predicted molar refractivity (Wildman–Crippen MR) is 195 cm³/mol. The Balaban J connectivity index is 1.32. The second kappa shape index (κ2) is 11.2. The Labute approximate surface area is 272 Å². The van der Waals surface area contributed by atoms with Gasteiger partial charge in [0.25, 0.3) is 0 Å². The van der Waals surface area contributed by atoms with Crippen LogP contribution in [0.4, 0.5) is 0 Å². The molecule has 45 heavy (non-hydrogen) atoms. The monoisotopic (exact) mass is 641 g/mol. The number of fused-ring (bicyclic) bond motifs is 3. The summed E-state index contributed by atoms with van der Waals surface area (Å²) in [4.78, 5) is 0. The van der Waals surface area contributed by atoms with Gasteiger partial charge < -0.3 is 4.57 Å². The molecule has 0 N–H and O–H groups in total. The molecular formula is C43H32BrN. The lowest BCUT2D eigenvalue weighted by molar-refractivity contribution is 0.601. The maximum atomic E-state index is 3.57. The van der Waals surface area contributed by atoms with E-state index in [2.05, 4.69) is 191 Å². The SMILES string of the molecule is CC1(c2ccccc2)C=C(c2ccccc2)C=C(n2c3ccccc3c3ccc(-c4cccc(-c5ccc(Br)cc5)c4)cc32)C1. The van der Waals surface area contributed by atoms with E-state index < -0.39 is 0 Å². The maximum Gasteiger partial charge on any atom is 0.0544 e. The maximum absolute atomic E-state index is 3.57. The number of benzene rings is 6. The summed E-state index contributed by atoms with van der Waals surface area (Å²) in [6.07, 6.45) is 5.77. The van der Waals surface area contributed by atoms with Crippen molar-refractivity contribution in [3.8, 4) is 22.3 Å². The largest absolute Gasteiger partial charge is 0.313 e. The van der Waals surface area contributed by atoms with Crippen LogP contribution in [-0.2, 0) is 5.41 Å². The molecule has 0 bridgehead atoms. The predicted octanol–water partition coefficient (Wildman–Crippen LogP) is 12.2. The Morgan fingerprint density at radius 3 is 1.91 bits per heavy atom. The highest BCUT2D eigenvalue weighted by Crippen LogP contribution is 2.45. The van der Waals surface area contributed by atoms with Gasteiger partial charge in [-0.2, -0.15) is 0 Å². The highest BCUT2D eigenvalue weighted by atomic mass is 79.9. The van der Waals surface area contributed by atoms with Crippen LogP contribution in [-0.4, -0.2) is 4.57 Å². The number of para-hydroxylation sites is 1. The lowest BCUT2D eigenvalue weighted by Crippen LogP contribution is -2.24. The van der Waals surface area contributed by atoms with Gasteiger partial charge in [0.1, 0.15) is 0 Å². The summed E-state index contributed by atoms with van der Waals surface area (Å²) in [5, 5.41) is 2.55. The van der Waals surface area contributed by atoms with Crippen molar-refractivity contribution < 1.29 is 0 Å². The summed E-state index contributed by atoms with van der Waals surface area (Å²) in [6.45, 7) is 2.38. The molecule has 6 aromatic carbocycles. The molecule has 1 heterocycles. The van der Waals surface area contributed by atoms with Crippen LogP contribution in [0.5, 0.6) is 0 Å². The van der Waals surface area contributed by atoms with E-state index in [1.165, 1.54) is 66.5 Å². The molecule has 1 nitrogen and oxygen atoms in total. The number of halogens is 1. The summed E-state index contributed by atoms with van der Waals surface area (Å²) in [6, 6.07) is 55.0. The number of hydrogen-bond donors (Lipinski definition) is 0. The van der Waals surface area contributed by atoms with Crippen molar-refractivity contribution in [1.29, 1.82) is 0 Å². The molecule has 0 saturated carbocycles. The molecule has 1 atom stereocenters. The normalized spacial score (nSPS) is 16.5. The van der Waals surface area contributed by atoms with E-state index in [1.54, 1.807) is 0 Å². The third-order valence-electron chi connectivity index (χ3n) is 9.22. The first-order chi connectivity index (χ1) is 22.1. The standard InChI is InChI=1S/C43H32BrN/c1-43(36-15-6-3-7-16-36)28-35(30-11-4-2-5-12-30)26-38(29-43)45-41-18-9-8-17-39(41)40-24-21-34(27-42(40)45)33-14-10-13-32(25-33)31-19-22-37(44)23-20-31/h2-28H,29H2,1H3. The second-order valence-electron chi connectivity index (χ2n) is 12.2. The van der Waals surface area contributed by atoms with Crippen molar-refractivity contribution in [3.63, 3.8) is 0 Å². The average Bonchev–Trinajstić information content (AvgIpc) is 3.43. The third kappa shape index (κ3) is 5.06. The molecule has 0 radical (unpaired) electrons. The van der Waals surface area contributed by atoms with Crippen LogP contribution in [0.25, 0.3) is 55.3 Å². The fraction of sp³-hybridized carbons (Fsp3) is 0.0698. The van der Waals surface area contributed by atoms with Crippen molar-refractivity contribution in [3.05, 3.63) is 179 Å². The number of aromatic nitrogens is 1. The summed E-state index contributed by atoms with van der Waals surface area (Å²) >= 11 is 3.57. The molecule has 0 fully saturated rings. The highest BCUT2D eigenvalue weighted by molar-refractivity contribution is 9.10. The Kier molecular flexibility index (Phi) is 6.88. The molecule has 2 heteroatoms. The van der Waals surface area contributed by atoms with Gasteiger partial charge in [-0.05, 0) is 75.4 Å². The zero-order chi connectivity index (χ0) is 30.4. The van der Waals surface area contributed by atoms with E-state index in [4.69, 9.17) is 0 Å². The van der Waals surface area contributed by atoms with Crippen LogP contribution >= 0.6 is 15.9 Å². The second-order valence-corrected chi connectivity index (χ2v) is 13.1. The van der Waals surface area contributed by atoms with E-state index in [1.807, 2.05) is 0 Å². The third-order valence-corrected chi connectivity index (χ3v) is 9.75. The van der Waals surface area contributed by atoms with E-state index in [9.17, 15) is 0 Å². The number of allylic oxidation sites excluding steroid dienone is 4. The first-order valence-corrected chi connectivity index (χ1v) is 16.3. The molecule has 1 aliphatic carbocycles. The van der Waals surface area contributed by atoms with Crippen LogP contribution in [0.2, 0.25) is 0 Å². The van der Waals surface area contributed by atoms with E-state index in [0.717, 1.165) is 10.9 Å². The lowest BCUT2D eigenvalue weighted by atomic mass is 9.73. The summed E-state index contributed by atoms with van der Waals surface area (Å²) in [5.41, 5.74) is 12.3.